The zero-order valence-corrected chi connectivity index (χ0v) is 13.5. The van der Waals surface area contributed by atoms with Gasteiger partial charge in [-0.05, 0) is 18.2 Å². The molecule has 3 rings (SSSR count). The Morgan fingerprint density at radius 1 is 1.00 bits per heavy atom. The van der Waals surface area contributed by atoms with Gasteiger partial charge >= 0.3 is 0 Å². The number of ether oxygens (including phenoxy) is 1. The minimum absolute atomic E-state index is 0.0113. The Hall–Kier alpha value is -3.88. The van der Waals surface area contributed by atoms with Crippen molar-refractivity contribution in [1.29, 1.82) is 0 Å². The summed E-state index contributed by atoms with van der Waals surface area (Å²) in [4.78, 5) is 33.8. The molecule has 0 heterocycles. The third-order valence-corrected chi connectivity index (χ3v) is 3.73. The molecule has 3 aromatic carbocycles. The summed E-state index contributed by atoms with van der Waals surface area (Å²) in [5.74, 6) is 0.0557. The Labute approximate surface area is 146 Å². The van der Waals surface area contributed by atoms with Gasteiger partial charge in [-0.3, -0.25) is 19.7 Å². The number of nitro groups is 1. The molecule has 0 radical (unpaired) electrons. The Morgan fingerprint density at radius 3 is 2.19 bits per heavy atom. The van der Waals surface area contributed by atoms with E-state index in [-0.39, 0.29) is 22.7 Å². The van der Waals surface area contributed by atoms with Gasteiger partial charge in [-0.1, -0.05) is 12.1 Å². The molecule has 3 N–H and O–H groups in total. The van der Waals surface area contributed by atoms with Gasteiger partial charge in [-0.2, -0.15) is 0 Å². The summed E-state index contributed by atoms with van der Waals surface area (Å²) in [5.41, 5.74) is -1.28. The first-order valence-corrected chi connectivity index (χ1v) is 7.40. The average Bonchev–Trinajstić information content (AvgIpc) is 2.65. The van der Waals surface area contributed by atoms with Crippen LogP contribution in [0.3, 0.4) is 0 Å². The molecule has 0 aliphatic rings. The molecule has 0 unspecified atom stereocenters. The summed E-state index contributed by atoms with van der Waals surface area (Å²) < 4.78 is 5.18. The summed E-state index contributed by atoms with van der Waals surface area (Å²) in [6, 6.07) is 10.2. The van der Waals surface area contributed by atoms with Crippen molar-refractivity contribution >= 4 is 28.4 Å². The molecule has 0 amide bonds. The molecule has 0 saturated heterocycles. The van der Waals surface area contributed by atoms with Crippen molar-refractivity contribution in [2.45, 2.75) is 0 Å². The molecule has 0 atom stereocenters. The standard InChI is InChI=1S/C17H13N3O6/c1-26-13-5-3-2-4-11(13)19-15-14(16(22)17(15)23)18-10-7-6-9(20(24)25)8-12(10)21/h2-8,18-19,21H,1H3. The normalized spacial score (nSPS) is 10.5. The smallest absolute Gasteiger partial charge is 0.273 e. The van der Waals surface area contributed by atoms with E-state index in [9.17, 15) is 24.8 Å². The van der Waals surface area contributed by atoms with Gasteiger partial charge in [0.2, 0.25) is 0 Å². The zero-order valence-electron chi connectivity index (χ0n) is 13.5. The molecule has 0 aliphatic heterocycles. The number of non-ortho nitro benzene ring substituents is 1. The van der Waals surface area contributed by atoms with Crippen LogP contribution in [0.15, 0.2) is 52.1 Å². The van der Waals surface area contributed by atoms with Crippen molar-refractivity contribution in [2.24, 2.45) is 0 Å². The Morgan fingerprint density at radius 2 is 1.62 bits per heavy atom. The van der Waals surface area contributed by atoms with Gasteiger partial charge in [-0.15, -0.1) is 0 Å². The second-order valence-corrected chi connectivity index (χ2v) is 5.32. The maximum absolute atomic E-state index is 11.9. The molecule has 0 bridgehead atoms. The lowest BCUT2D eigenvalue weighted by molar-refractivity contribution is -0.384. The third kappa shape index (κ3) is 2.93. The second kappa shape index (κ2) is 6.55. The highest BCUT2D eigenvalue weighted by Gasteiger charge is 2.23. The minimum Gasteiger partial charge on any atom is -0.506 e. The molecule has 0 aliphatic carbocycles. The minimum atomic E-state index is -0.764. The SMILES string of the molecule is COc1ccccc1Nc1c(Nc2ccc([N+](=O)[O-])cc2O)c(=O)c1=O. The topological polar surface area (TPSA) is 131 Å². The number of hydrogen-bond donors (Lipinski definition) is 3. The number of phenolic OH excluding ortho intramolecular Hbond substituents is 1. The maximum Gasteiger partial charge on any atom is 0.273 e. The molecule has 0 fully saturated rings. The maximum atomic E-state index is 11.9. The van der Waals surface area contributed by atoms with Crippen molar-refractivity contribution < 1.29 is 14.8 Å². The Bertz CT molecular complexity index is 1070. The van der Waals surface area contributed by atoms with Crippen LogP contribution in [0.5, 0.6) is 11.5 Å². The number of rotatable bonds is 6. The van der Waals surface area contributed by atoms with E-state index in [2.05, 4.69) is 10.6 Å². The quantitative estimate of drug-likeness (QED) is 0.266. The summed E-state index contributed by atoms with van der Waals surface area (Å²) in [5, 5.41) is 26.1. The molecule has 0 saturated carbocycles. The lowest BCUT2D eigenvalue weighted by Crippen LogP contribution is -2.35. The van der Waals surface area contributed by atoms with Crippen LogP contribution in [0.4, 0.5) is 28.4 Å². The van der Waals surface area contributed by atoms with Gasteiger partial charge in [0.15, 0.2) is 0 Å². The van der Waals surface area contributed by atoms with E-state index < -0.39 is 21.5 Å². The van der Waals surface area contributed by atoms with Gasteiger partial charge in [-0.25, -0.2) is 0 Å². The predicted octanol–water partition coefficient (Wildman–Crippen LogP) is 2.39. The van der Waals surface area contributed by atoms with E-state index in [0.717, 1.165) is 6.07 Å². The highest BCUT2D eigenvalue weighted by Crippen LogP contribution is 2.33. The molecule has 132 valence electrons. The number of nitrogens with one attached hydrogen (secondary N) is 2. The predicted molar refractivity (Wildman–Crippen MR) is 95.7 cm³/mol. The van der Waals surface area contributed by atoms with E-state index in [1.54, 1.807) is 24.3 Å². The van der Waals surface area contributed by atoms with Gasteiger partial charge in [0.25, 0.3) is 16.5 Å². The van der Waals surface area contributed by atoms with Crippen molar-refractivity contribution in [2.75, 3.05) is 17.7 Å². The molecule has 0 spiro atoms. The van der Waals surface area contributed by atoms with Gasteiger partial charge in [0.05, 0.1) is 29.5 Å². The largest absolute Gasteiger partial charge is 0.506 e. The van der Waals surface area contributed by atoms with Crippen LogP contribution in [-0.4, -0.2) is 17.1 Å². The highest BCUT2D eigenvalue weighted by atomic mass is 16.6. The van der Waals surface area contributed by atoms with E-state index in [4.69, 9.17) is 4.74 Å². The summed E-state index contributed by atoms with van der Waals surface area (Å²) in [7, 11) is 1.47. The number of para-hydroxylation sites is 2. The number of benzene rings is 2. The highest BCUT2D eigenvalue weighted by molar-refractivity contribution is 5.84. The Kier molecular flexibility index (Phi) is 4.27. The number of nitrogens with zero attached hydrogens (tertiary/aromatic N) is 1. The van der Waals surface area contributed by atoms with E-state index in [1.807, 2.05) is 0 Å². The summed E-state index contributed by atoms with van der Waals surface area (Å²) >= 11 is 0. The van der Waals surface area contributed by atoms with Crippen LogP contribution >= 0.6 is 0 Å². The fourth-order valence-corrected chi connectivity index (χ4v) is 2.39. The third-order valence-electron chi connectivity index (χ3n) is 3.73. The van der Waals surface area contributed by atoms with Crippen molar-refractivity contribution in [1.82, 2.24) is 0 Å². The van der Waals surface area contributed by atoms with Crippen molar-refractivity contribution in [3.63, 3.8) is 0 Å². The lowest BCUT2D eigenvalue weighted by atomic mass is 10.1. The molecule has 3 aromatic rings. The molecular weight excluding hydrogens is 342 g/mol. The molecule has 26 heavy (non-hydrogen) atoms. The molecule has 9 nitrogen and oxygen atoms in total. The molecule has 0 aromatic heterocycles. The number of aromatic hydroxyl groups is 1. The number of hydrogen-bond acceptors (Lipinski definition) is 8. The fraction of sp³-hybridized carbons (Fsp3) is 0.0588. The first-order valence-electron chi connectivity index (χ1n) is 7.40. The van der Waals surface area contributed by atoms with E-state index in [0.29, 0.717) is 11.4 Å². The van der Waals surface area contributed by atoms with E-state index in [1.165, 1.54) is 19.2 Å². The van der Waals surface area contributed by atoms with Crippen molar-refractivity contribution in [3.8, 4) is 11.5 Å². The van der Waals surface area contributed by atoms with Crippen LogP contribution in [0, 0.1) is 10.1 Å². The monoisotopic (exact) mass is 355 g/mol. The number of anilines is 4. The van der Waals surface area contributed by atoms with Crippen LogP contribution in [-0.2, 0) is 0 Å². The summed E-state index contributed by atoms with van der Waals surface area (Å²) in [6.45, 7) is 0. The van der Waals surface area contributed by atoms with Gasteiger partial charge in [0.1, 0.15) is 22.9 Å². The van der Waals surface area contributed by atoms with Crippen LogP contribution in [0.2, 0.25) is 0 Å². The zero-order chi connectivity index (χ0) is 18.8. The number of nitro benzene ring substituents is 1. The Balaban J connectivity index is 1.91. The average molecular weight is 355 g/mol. The molecule has 9 heteroatoms. The van der Waals surface area contributed by atoms with Gasteiger partial charge < -0.3 is 20.5 Å². The van der Waals surface area contributed by atoms with E-state index >= 15 is 0 Å². The van der Waals surface area contributed by atoms with Crippen LogP contribution < -0.4 is 26.2 Å². The first-order chi connectivity index (χ1) is 12.4. The lowest BCUT2D eigenvalue weighted by Gasteiger charge is -2.17. The molecular formula is C17H13N3O6. The second-order valence-electron chi connectivity index (χ2n) is 5.32. The van der Waals surface area contributed by atoms with Crippen molar-refractivity contribution in [3.05, 3.63) is 73.0 Å². The fourth-order valence-electron chi connectivity index (χ4n) is 2.39. The number of phenols is 1. The number of methoxy groups -OCH3 is 1. The van der Waals surface area contributed by atoms with Crippen LogP contribution in [0.1, 0.15) is 0 Å². The van der Waals surface area contributed by atoms with Gasteiger partial charge in [0, 0.05) is 6.07 Å². The summed E-state index contributed by atoms with van der Waals surface area (Å²) in [6.07, 6.45) is 0. The first kappa shape index (κ1) is 17.0. The van der Waals surface area contributed by atoms with Crippen LogP contribution in [0.25, 0.3) is 0 Å².